The summed E-state index contributed by atoms with van der Waals surface area (Å²) in [4.78, 5) is 2.53. The van der Waals surface area contributed by atoms with E-state index in [1.807, 2.05) is 0 Å². The van der Waals surface area contributed by atoms with E-state index in [2.05, 4.69) is 209 Å². The van der Waals surface area contributed by atoms with Gasteiger partial charge in [0, 0.05) is 21.6 Å². The molecular weight excluding hydrogens is 663 g/mol. The lowest BCUT2D eigenvalue weighted by Crippen LogP contribution is -2.30. The number of anilines is 3. The molecule has 0 saturated heterocycles. The number of fused-ring (bicyclic) bond motifs is 9. The molecule has 0 unspecified atom stereocenters. The number of hydrogen-bond acceptors (Lipinski definition) is 1. The van der Waals surface area contributed by atoms with Gasteiger partial charge in [-0.3, -0.25) is 0 Å². The lowest BCUT2D eigenvalue weighted by Gasteiger charge is -2.42. The molecule has 55 heavy (non-hydrogen) atoms. The molecule has 0 N–H and O–H groups in total. The van der Waals surface area contributed by atoms with Crippen molar-refractivity contribution in [1.29, 1.82) is 0 Å². The van der Waals surface area contributed by atoms with E-state index >= 15 is 0 Å². The Labute approximate surface area is 323 Å². The number of hydrogen-bond donors (Lipinski definition) is 0. The van der Waals surface area contributed by atoms with E-state index in [1.54, 1.807) is 0 Å². The summed E-state index contributed by atoms with van der Waals surface area (Å²) in [6, 6.07) is 65.7. The quantitative estimate of drug-likeness (QED) is 0.166. The predicted molar refractivity (Wildman–Crippen MR) is 234 cm³/mol. The van der Waals surface area contributed by atoms with Gasteiger partial charge in [0.25, 0.3) is 0 Å². The van der Waals surface area contributed by atoms with Crippen molar-refractivity contribution in [2.75, 3.05) is 4.90 Å². The van der Waals surface area contributed by atoms with Crippen LogP contribution in [0.5, 0.6) is 0 Å². The van der Waals surface area contributed by atoms with Gasteiger partial charge in [-0.25, -0.2) is 0 Å². The van der Waals surface area contributed by atoms with Crippen molar-refractivity contribution >= 4 is 49.4 Å². The average Bonchev–Trinajstić information content (AvgIpc) is 3.46. The molecule has 0 radical (unpaired) electrons. The van der Waals surface area contributed by atoms with Crippen molar-refractivity contribution in [3.05, 3.63) is 198 Å². The molecule has 1 aliphatic carbocycles. The Balaban J connectivity index is 1.12. The van der Waals surface area contributed by atoms with Gasteiger partial charge in [-0.2, -0.15) is 0 Å². The topological polar surface area (TPSA) is 3.24 Å². The van der Waals surface area contributed by atoms with Gasteiger partial charge in [-0.15, -0.1) is 0 Å². The maximum Gasteiger partial charge on any atom is 0.0619 e. The maximum absolute atomic E-state index is 2.53. The molecule has 0 atom stereocenters. The number of rotatable bonds is 3. The van der Waals surface area contributed by atoms with E-state index in [0.717, 1.165) is 0 Å². The fraction of sp³-hybridized carbons (Fsp3) is 0.111. The van der Waals surface area contributed by atoms with Gasteiger partial charge in [0.05, 0.1) is 17.1 Å². The first kappa shape index (κ1) is 32.0. The maximum atomic E-state index is 2.53. The van der Waals surface area contributed by atoms with Crippen LogP contribution in [0, 0.1) is 0 Å². The normalized spacial score (nSPS) is 14.8. The van der Waals surface area contributed by atoms with Crippen molar-refractivity contribution in [2.45, 2.75) is 38.5 Å². The van der Waals surface area contributed by atoms with Crippen LogP contribution in [-0.2, 0) is 10.8 Å². The first-order valence-corrected chi connectivity index (χ1v) is 19.5. The van der Waals surface area contributed by atoms with Crippen LogP contribution in [0.2, 0.25) is 0 Å². The Kier molecular flexibility index (Phi) is 6.72. The zero-order chi connectivity index (χ0) is 37.1. The summed E-state index contributed by atoms with van der Waals surface area (Å²) in [5.74, 6) is 0. The van der Waals surface area contributed by atoms with E-state index in [9.17, 15) is 0 Å². The molecule has 1 heteroatoms. The second-order valence-corrected chi connectivity index (χ2v) is 16.4. The fourth-order valence-electron chi connectivity index (χ4n) is 10.2. The van der Waals surface area contributed by atoms with Crippen molar-refractivity contribution in [3.63, 3.8) is 0 Å². The molecule has 0 fully saturated rings. The second-order valence-electron chi connectivity index (χ2n) is 16.4. The molecule has 1 aliphatic heterocycles. The number of para-hydroxylation sites is 2. The molecule has 0 aromatic heterocycles. The van der Waals surface area contributed by atoms with Crippen molar-refractivity contribution < 1.29 is 0 Å². The monoisotopic (exact) mass is 703 g/mol. The second kappa shape index (κ2) is 11.5. The van der Waals surface area contributed by atoms with E-state index in [1.165, 1.54) is 105 Å². The van der Waals surface area contributed by atoms with Crippen LogP contribution in [0.4, 0.5) is 17.1 Å². The molecule has 2 aliphatic rings. The van der Waals surface area contributed by atoms with Crippen LogP contribution < -0.4 is 4.90 Å². The average molecular weight is 704 g/mol. The minimum absolute atomic E-state index is 0.0740. The first-order chi connectivity index (χ1) is 26.8. The first-order valence-electron chi connectivity index (χ1n) is 19.5. The van der Waals surface area contributed by atoms with Crippen LogP contribution in [-0.4, -0.2) is 0 Å². The summed E-state index contributed by atoms with van der Waals surface area (Å²) in [5.41, 5.74) is 16.8. The summed E-state index contributed by atoms with van der Waals surface area (Å²) in [5, 5.41) is 7.63. The molecule has 0 saturated carbocycles. The van der Waals surface area contributed by atoms with E-state index in [-0.39, 0.29) is 10.8 Å². The predicted octanol–water partition coefficient (Wildman–Crippen LogP) is 14.9. The van der Waals surface area contributed by atoms with Gasteiger partial charge in [-0.05, 0) is 95.4 Å². The summed E-state index contributed by atoms with van der Waals surface area (Å²) < 4.78 is 0. The molecule has 0 spiro atoms. The van der Waals surface area contributed by atoms with E-state index in [0.29, 0.717) is 0 Å². The highest BCUT2D eigenvalue weighted by Crippen LogP contribution is 2.56. The smallest absolute Gasteiger partial charge is 0.0619 e. The Morgan fingerprint density at radius 3 is 1.33 bits per heavy atom. The van der Waals surface area contributed by atoms with Crippen LogP contribution in [0.15, 0.2) is 176 Å². The van der Waals surface area contributed by atoms with Gasteiger partial charge < -0.3 is 4.90 Å². The van der Waals surface area contributed by atoms with Gasteiger partial charge in [0.1, 0.15) is 0 Å². The zero-order valence-electron chi connectivity index (χ0n) is 31.7. The Hall–Kier alpha value is -6.44. The number of benzene rings is 9. The molecule has 0 bridgehead atoms. The van der Waals surface area contributed by atoms with Gasteiger partial charge >= 0.3 is 0 Å². The Bertz CT molecular complexity index is 2930. The molecule has 9 aromatic rings. The van der Waals surface area contributed by atoms with Crippen LogP contribution in [0.1, 0.15) is 49.9 Å². The molecule has 0 amide bonds. The zero-order valence-corrected chi connectivity index (χ0v) is 31.7. The summed E-state index contributed by atoms with van der Waals surface area (Å²) >= 11 is 0. The standard InChI is InChI=1S/C54H41N/c1-53(2)44-24-12-11-23-42(44)51-37-18-6-5-17-36(37)43(33-47(51)53)34-29-31-35(32-30-34)50-38-19-7-9-21-40(38)52(41-22-10-8-20-39(41)50)55-48-27-15-13-25-45(48)54(3,4)46-26-14-16-28-49(46)55/h5-33H,1-4H3. The minimum Gasteiger partial charge on any atom is -0.309 e. The minimum atomic E-state index is -0.124. The van der Waals surface area contributed by atoms with Gasteiger partial charge in [0.2, 0.25) is 0 Å². The van der Waals surface area contributed by atoms with Crippen molar-refractivity contribution in [3.8, 4) is 33.4 Å². The van der Waals surface area contributed by atoms with Crippen LogP contribution >= 0.6 is 0 Å². The summed E-state index contributed by atoms with van der Waals surface area (Å²) in [7, 11) is 0. The van der Waals surface area contributed by atoms with Crippen molar-refractivity contribution in [2.24, 2.45) is 0 Å². The summed E-state index contributed by atoms with van der Waals surface area (Å²) in [6.07, 6.45) is 0. The molecule has 1 heterocycles. The highest BCUT2D eigenvalue weighted by molar-refractivity contribution is 6.23. The van der Waals surface area contributed by atoms with Crippen LogP contribution in [0.25, 0.3) is 65.7 Å². The lowest BCUT2D eigenvalue weighted by atomic mass is 9.73. The third-order valence-electron chi connectivity index (χ3n) is 12.8. The van der Waals surface area contributed by atoms with Gasteiger partial charge in [-0.1, -0.05) is 185 Å². The lowest BCUT2D eigenvalue weighted by molar-refractivity contribution is 0.632. The largest absolute Gasteiger partial charge is 0.309 e. The van der Waals surface area contributed by atoms with Crippen molar-refractivity contribution in [1.82, 2.24) is 0 Å². The highest BCUT2D eigenvalue weighted by atomic mass is 15.2. The molecule has 9 aromatic carbocycles. The molecule has 1 nitrogen and oxygen atoms in total. The molecule has 11 rings (SSSR count). The van der Waals surface area contributed by atoms with E-state index < -0.39 is 0 Å². The molecular formula is C54H41N. The highest BCUT2D eigenvalue weighted by Gasteiger charge is 2.39. The number of nitrogens with zero attached hydrogens (tertiary/aromatic N) is 1. The van der Waals surface area contributed by atoms with Gasteiger partial charge in [0.15, 0.2) is 0 Å². The third-order valence-corrected chi connectivity index (χ3v) is 12.8. The fourth-order valence-corrected chi connectivity index (χ4v) is 10.2. The van der Waals surface area contributed by atoms with E-state index in [4.69, 9.17) is 0 Å². The molecule has 262 valence electrons. The van der Waals surface area contributed by atoms with Crippen LogP contribution in [0.3, 0.4) is 0 Å². The third kappa shape index (κ3) is 4.41. The SMILES string of the molecule is CC1(C)c2ccccc2N(c2c3ccccc3c(-c3ccc(-c4cc5c(c6ccccc46)-c4ccccc4C5(C)C)cc3)c3ccccc23)c2ccccc21. The Morgan fingerprint density at radius 2 is 0.745 bits per heavy atom. The Morgan fingerprint density at radius 1 is 0.327 bits per heavy atom. The summed E-state index contributed by atoms with van der Waals surface area (Å²) in [6.45, 7) is 9.47.